The molecule has 0 unspecified atom stereocenters. The van der Waals surface area contributed by atoms with Gasteiger partial charge in [-0.1, -0.05) is 42.5 Å². The molecule has 4 rings (SSSR count). The maximum absolute atomic E-state index is 12.6. The van der Waals surface area contributed by atoms with Crippen LogP contribution in [-0.2, 0) is 17.8 Å². The first-order chi connectivity index (χ1) is 17.6. The average molecular weight is 477 g/mol. The van der Waals surface area contributed by atoms with E-state index in [0.717, 1.165) is 22.0 Å². The number of rotatable bonds is 9. The maximum atomic E-state index is 12.6. The highest BCUT2D eigenvalue weighted by Crippen LogP contribution is 2.30. The topological polar surface area (TPSA) is 111 Å². The second kappa shape index (κ2) is 11.4. The molecular formula is C29H24N4O3. The van der Waals surface area contributed by atoms with Gasteiger partial charge in [0.15, 0.2) is 11.5 Å². The molecule has 0 atom stereocenters. The first-order valence-corrected chi connectivity index (χ1v) is 11.4. The third-order valence-corrected chi connectivity index (χ3v) is 5.74. The number of fused-ring (bicyclic) bond motifs is 1. The third-order valence-electron chi connectivity index (χ3n) is 5.74. The van der Waals surface area contributed by atoms with Gasteiger partial charge in [-0.05, 0) is 47.9 Å². The quantitative estimate of drug-likeness (QED) is 0.264. The molecule has 7 heteroatoms. The van der Waals surface area contributed by atoms with E-state index in [9.17, 15) is 15.3 Å². The number of nitrogens with zero attached hydrogens (tertiary/aromatic N) is 2. The SMILES string of the molecule is COc1cc(C=C(C#N)C(=O)NCCc2c[nH]c3ccccc23)ccc1OCc1ccccc1C#N. The van der Waals surface area contributed by atoms with Crippen LogP contribution in [0, 0.1) is 22.7 Å². The number of hydrogen-bond donors (Lipinski definition) is 2. The van der Waals surface area contributed by atoms with Crippen molar-refractivity contribution in [3.63, 3.8) is 0 Å². The Balaban J connectivity index is 1.41. The number of carbonyl (C=O) groups excluding carboxylic acids is 1. The Morgan fingerprint density at radius 1 is 1.03 bits per heavy atom. The predicted octanol–water partition coefficient (Wildman–Crippen LogP) is 4.89. The molecule has 1 heterocycles. The van der Waals surface area contributed by atoms with Crippen molar-refractivity contribution >= 4 is 22.9 Å². The number of carbonyl (C=O) groups is 1. The lowest BCUT2D eigenvalue weighted by atomic mass is 10.1. The van der Waals surface area contributed by atoms with E-state index in [2.05, 4.69) is 16.4 Å². The molecule has 0 saturated carbocycles. The fourth-order valence-corrected chi connectivity index (χ4v) is 3.86. The van der Waals surface area contributed by atoms with Crippen LogP contribution in [0.4, 0.5) is 0 Å². The summed E-state index contributed by atoms with van der Waals surface area (Å²) < 4.78 is 11.3. The lowest BCUT2D eigenvalue weighted by molar-refractivity contribution is -0.117. The summed E-state index contributed by atoms with van der Waals surface area (Å²) in [5.74, 6) is 0.504. The molecule has 0 saturated heterocycles. The largest absolute Gasteiger partial charge is 0.493 e. The van der Waals surface area contributed by atoms with Gasteiger partial charge in [-0.25, -0.2) is 0 Å². The number of ether oxygens (including phenoxy) is 2. The van der Waals surface area contributed by atoms with Crippen molar-refractivity contribution in [2.45, 2.75) is 13.0 Å². The Bertz CT molecular complexity index is 1500. The van der Waals surface area contributed by atoms with Crippen molar-refractivity contribution in [1.82, 2.24) is 10.3 Å². The first-order valence-electron chi connectivity index (χ1n) is 11.4. The minimum absolute atomic E-state index is 0.00686. The second-order valence-corrected chi connectivity index (χ2v) is 8.00. The van der Waals surface area contributed by atoms with Gasteiger partial charge in [0, 0.05) is 29.2 Å². The molecule has 3 aromatic carbocycles. The molecule has 1 amide bonds. The number of methoxy groups -OCH3 is 1. The van der Waals surface area contributed by atoms with Crippen LogP contribution in [0.3, 0.4) is 0 Å². The van der Waals surface area contributed by atoms with Crippen molar-refractivity contribution in [2.75, 3.05) is 13.7 Å². The highest BCUT2D eigenvalue weighted by molar-refractivity contribution is 6.01. The van der Waals surface area contributed by atoms with E-state index in [1.807, 2.05) is 48.7 Å². The number of aromatic nitrogens is 1. The summed E-state index contributed by atoms with van der Waals surface area (Å²) in [6, 6.07) is 24.5. The summed E-state index contributed by atoms with van der Waals surface area (Å²) in [7, 11) is 1.52. The number of amides is 1. The van der Waals surface area contributed by atoms with Crippen molar-refractivity contribution in [1.29, 1.82) is 10.5 Å². The van der Waals surface area contributed by atoms with E-state index in [1.165, 1.54) is 13.2 Å². The van der Waals surface area contributed by atoms with Gasteiger partial charge in [-0.15, -0.1) is 0 Å². The minimum atomic E-state index is -0.440. The zero-order chi connectivity index (χ0) is 25.3. The van der Waals surface area contributed by atoms with Crippen LogP contribution < -0.4 is 14.8 Å². The summed E-state index contributed by atoms with van der Waals surface area (Å²) in [6.07, 6.45) is 4.09. The van der Waals surface area contributed by atoms with Gasteiger partial charge in [0.1, 0.15) is 18.2 Å². The Morgan fingerprint density at radius 2 is 1.83 bits per heavy atom. The van der Waals surface area contributed by atoms with Gasteiger partial charge in [0.25, 0.3) is 5.91 Å². The molecule has 178 valence electrons. The van der Waals surface area contributed by atoms with Crippen LogP contribution in [0.1, 0.15) is 22.3 Å². The van der Waals surface area contributed by atoms with E-state index in [4.69, 9.17) is 9.47 Å². The van der Waals surface area contributed by atoms with Crippen molar-refractivity contribution < 1.29 is 14.3 Å². The smallest absolute Gasteiger partial charge is 0.261 e. The molecule has 7 nitrogen and oxygen atoms in total. The molecule has 4 aromatic rings. The van der Waals surface area contributed by atoms with E-state index in [0.29, 0.717) is 35.6 Å². The lowest BCUT2D eigenvalue weighted by Gasteiger charge is -2.12. The normalized spacial score (nSPS) is 10.9. The van der Waals surface area contributed by atoms with Gasteiger partial charge in [-0.2, -0.15) is 10.5 Å². The Hall–Kier alpha value is -5.01. The second-order valence-electron chi connectivity index (χ2n) is 8.00. The van der Waals surface area contributed by atoms with Crippen LogP contribution in [0.5, 0.6) is 11.5 Å². The molecule has 0 aliphatic rings. The number of nitrogens with one attached hydrogen (secondary N) is 2. The van der Waals surface area contributed by atoms with Crippen LogP contribution in [0.25, 0.3) is 17.0 Å². The zero-order valence-electron chi connectivity index (χ0n) is 19.7. The number of benzene rings is 3. The van der Waals surface area contributed by atoms with E-state index in [-0.39, 0.29) is 12.2 Å². The third kappa shape index (κ3) is 5.55. The predicted molar refractivity (Wildman–Crippen MR) is 137 cm³/mol. The number of para-hydroxylation sites is 1. The Kier molecular flexibility index (Phi) is 7.65. The van der Waals surface area contributed by atoms with Gasteiger partial charge < -0.3 is 19.8 Å². The van der Waals surface area contributed by atoms with E-state index >= 15 is 0 Å². The van der Waals surface area contributed by atoms with Gasteiger partial charge in [-0.3, -0.25) is 4.79 Å². The first kappa shape index (κ1) is 24.1. The molecule has 1 aromatic heterocycles. The van der Waals surface area contributed by atoms with Crippen molar-refractivity contribution in [3.8, 4) is 23.6 Å². The summed E-state index contributed by atoms with van der Waals surface area (Å²) >= 11 is 0. The zero-order valence-corrected chi connectivity index (χ0v) is 19.7. The van der Waals surface area contributed by atoms with E-state index in [1.54, 1.807) is 30.3 Å². The van der Waals surface area contributed by atoms with Crippen molar-refractivity contribution in [2.24, 2.45) is 0 Å². The molecule has 2 N–H and O–H groups in total. The van der Waals surface area contributed by atoms with E-state index < -0.39 is 5.91 Å². The summed E-state index contributed by atoms with van der Waals surface area (Å²) in [4.78, 5) is 15.8. The highest BCUT2D eigenvalue weighted by Gasteiger charge is 2.12. The standard InChI is InChI=1S/C29H24N4O3/c1-35-28-15-20(10-11-27(28)36-19-23-7-3-2-6-21(23)16-30)14-24(17-31)29(34)32-13-12-22-18-33-26-9-5-4-8-25(22)26/h2-11,14-15,18,33H,12-13,19H2,1H3,(H,32,34). The van der Waals surface area contributed by atoms with Crippen LogP contribution >= 0.6 is 0 Å². The lowest BCUT2D eigenvalue weighted by Crippen LogP contribution is -2.26. The number of hydrogen-bond acceptors (Lipinski definition) is 5. The molecular weight excluding hydrogens is 452 g/mol. The molecule has 0 spiro atoms. The number of H-pyrrole nitrogens is 1. The summed E-state index contributed by atoms with van der Waals surface area (Å²) in [5, 5.41) is 22.7. The monoisotopic (exact) mass is 476 g/mol. The molecule has 0 bridgehead atoms. The Morgan fingerprint density at radius 3 is 2.64 bits per heavy atom. The van der Waals surface area contributed by atoms with Gasteiger partial charge in [0.05, 0.1) is 18.7 Å². The van der Waals surface area contributed by atoms with Crippen molar-refractivity contribution in [3.05, 3.63) is 101 Å². The average Bonchev–Trinajstić information content (AvgIpc) is 3.33. The number of nitriles is 2. The van der Waals surface area contributed by atoms with Crippen LogP contribution in [-0.4, -0.2) is 24.5 Å². The summed E-state index contributed by atoms with van der Waals surface area (Å²) in [5.41, 5.74) is 4.08. The fraction of sp³-hybridized carbons (Fsp3) is 0.138. The highest BCUT2D eigenvalue weighted by atomic mass is 16.5. The molecule has 0 aliphatic heterocycles. The Labute approximate surface area is 209 Å². The summed E-state index contributed by atoms with van der Waals surface area (Å²) in [6.45, 7) is 0.609. The minimum Gasteiger partial charge on any atom is -0.493 e. The van der Waals surface area contributed by atoms with Gasteiger partial charge >= 0.3 is 0 Å². The van der Waals surface area contributed by atoms with Crippen LogP contribution in [0.15, 0.2) is 78.5 Å². The molecule has 36 heavy (non-hydrogen) atoms. The van der Waals surface area contributed by atoms with Gasteiger partial charge in [0.2, 0.25) is 0 Å². The fourth-order valence-electron chi connectivity index (χ4n) is 3.86. The number of aromatic amines is 1. The molecule has 0 fully saturated rings. The molecule has 0 radical (unpaired) electrons. The van der Waals surface area contributed by atoms with Crippen LogP contribution in [0.2, 0.25) is 0 Å². The molecule has 0 aliphatic carbocycles. The maximum Gasteiger partial charge on any atom is 0.261 e.